The SMILES string of the molecule is CCOc1ccc2c(C)c(CCO)c(=O)oc2c1OCC. The van der Waals surface area contributed by atoms with Gasteiger partial charge in [-0.15, -0.1) is 0 Å². The highest BCUT2D eigenvalue weighted by molar-refractivity contribution is 5.88. The Kier molecular flexibility index (Phi) is 4.85. The van der Waals surface area contributed by atoms with E-state index in [0.717, 1.165) is 10.9 Å². The van der Waals surface area contributed by atoms with Gasteiger partial charge in [0.15, 0.2) is 11.3 Å². The molecule has 5 heteroatoms. The van der Waals surface area contributed by atoms with Crippen molar-refractivity contribution >= 4 is 11.0 Å². The van der Waals surface area contributed by atoms with Crippen LogP contribution in [0.2, 0.25) is 0 Å². The summed E-state index contributed by atoms with van der Waals surface area (Å²) in [5.74, 6) is 1.01. The van der Waals surface area contributed by atoms with Gasteiger partial charge in [0.05, 0.1) is 13.2 Å². The number of ether oxygens (including phenoxy) is 2. The van der Waals surface area contributed by atoms with Crippen LogP contribution in [0.15, 0.2) is 21.3 Å². The van der Waals surface area contributed by atoms with Crippen LogP contribution in [-0.2, 0) is 6.42 Å². The summed E-state index contributed by atoms with van der Waals surface area (Å²) in [7, 11) is 0. The summed E-state index contributed by atoms with van der Waals surface area (Å²) in [6.07, 6.45) is 0.279. The molecule has 0 aliphatic carbocycles. The molecule has 0 spiro atoms. The van der Waals surface area contributed by atoms with Gasteiger partial charge in [0.1, 0.15) is 0 Å². The molecule has 0 fully saturated rings. The average molecular weight is 292 g/mol. The van der Waals surface area contributed by atoms with Crippen molar-refractivity contribution in [2.45, 2.75) is 27.2 Å². The van der Waals surface area contributed by atoms with E-state index in [1.165, 1.54) is 0 Å². The zero-order valence-corrected chi connectivity index (χ0v) is 12.6. The lowest BCUT2D eigenvalue weighted by Gasteiger charge is -2.14. The number of fused-ring (bicyclic) bond motifs is 1. The van der Waals surface area contributed by atoms with Crippen LogP contribution < -0.4 is 15.1 Å². The molecule has 0 unspecified atom stereocenters. The Morgan fingerprint density at radius 1 is 1.19 bits per heavy atom. The molecule has 2 rings (SSSR count). The first-order valence-corrected chi connectivity index (χ1v) is 7.09. The summed E-state index contributed by atoms with van der Waals surface area (Å²) in [5, 5.41) is 9.86. The fourth-order valence-corrected chi connectivity index (χ4v) is 2.36. The lowest BCUT2D eigenvalue weighted by molar-refractivity contribution is 0.285. The van der Waals surface area contributed by atoms with Crippen LogP contribution in [0.4, 0.5) is 0 Å². The molecule has 0 atom stereocenters. The summed E-state index contributed by atoms with van der Waals surface area (Å²) in [6.45, 7) is 6.44. The van der Waals surface area contributed by atoms with Crippen LogP contribution in [0.5, 0.6) is 11.5 Å². The highest BCUT2D eigenvalue weighted by Crippen LogP contribution is 2.37. The van der Waals surface area contributed by atoms with Gasteiger partial charge in [-0.25, -0.2) is 4.79 Å². The highest BCUT2D eigenvalue weighted by atomic mass is 16.5. The monoisotopic (exact) mass is 292 g/mol. The molecule has 1 N–H and O–H groups in total. The number of aryl methyl sites for hydroxylation is 1. The van der Waals surface area contributed by atoms with Crippen LogP contribution >= 0.6 is 0 Å². The van der Waals surface area contributed by atoms with Crippen LogP contribution in [0.25, 0.3) is 11.0 Å². The third kappa shape index (κ3) is 2.88. The summed E-state index contributed by atoms with van der Waals surface area (Å²) >= 11 is 0. The predicted molar refractivity (Wildman–Crippen MR) is 80.3 cm³/mol. The molecular weight excluding hydrogens is 272 g/mol. The smallest absolute Gasteiger partial charge is 0.339 e. The van der Waals surface area contributed by atoms with E-state index < -0.39 is 5.63 Å². The first-order chi connectivity index (χ1) is 10.1. The fourth-order valence-electron chi connectivity index (χ4n) is 2.36. The van der Waals surface area contributed by atoms with Gasteiger partial charge in [-0.1, -0.05) is 0 Å². The standard InChI is InChI=1S/C16H20O5/c1-4-19-13-7-6-11-10(3)12(8-9-17)16(18)21-14(11)15(13)20-5-2/h6-7,17H,4-5,8-9H2,1-3H3. The minimum atomic E-state index is -0.441. The molecule has 1 aromatic heterocycles. The van der Waals surface area contributed by atoms with Gasteiger partial charge in [-0.05, 0) is 38.5 Å². The van der Waals surface area contributed by atoms with Gasteiger partial charge in [-0.3, -0.25) is 0 Å². The van der Waals surface area contributed by atoms with Crippen molar-refractivity contribution in [1.29, 1.82) is 0 Å². The molecule has 0 bridgehead atoms. The molecule has 1 aromatic carbocycles. The molecule has 0 amide bonds. The molecule has 114 valence electrons. The van der Waals surface area contributed by atoms with E-state index in [2.05, 4.69) is 0 Å². The van der Waals surface area contributed by atoms with Gasteiger partial charge in [0.25, 0.3) is 0 Å². The Morgan fingerprint density at radius 2 is 1.90 bits per heavy atom. The molecule has 0 saturated heterocycles. The molecule has 21 heavy (non-hydrogen) atoms. The zero-order chi connectivity index (χ0) is 15.4. The van der Waals surface area contributed by atoms with E-state index in [-0.39, 0.29) is 13.0 Å². The van der Waals surface area contributed by atoms with Gasteiger partial charge in [0, 0.05) is 24.0 Å². The van der Waals surface area contributed by atoms with Crippen molar-refractivity contribution in [2.75, 3.05) is 19.8 Å². The third-order valence-electron chi connectivity index (χ3n) is 3.32. The molecule has 0 saturated carbocycles. The lowest BCUT2D eigenvalue weighted by atomic mass is 10.0. The second kappa shape index (κ2) is 6.63. The van der Waals surface area contributed by atoms with Crippen molar-refractivity contribution in [2.24, 2.45) is 0 Å². The largest absolute Gasteiger partial charge is 0.490 e. The van der Waals surface area contributed by atoms with E-state index in [1.807, 2.05) is 32.9 Å². The average Bonchev–Trinajstić information content (AvgIpc) is 2.46. The van der Waals surface area contributed by atoms with E-state index in [0.29, 0.717) is 35.9 Å². The summed E-state index contributed by atoms with van der Waals surface area (Å²) < 4.78 is 16.6. The van der Waals surface area contributed by atoms with E-state index in [9.17, 15) is 4.79 Å². The maximum absolute atomic E-state index is 12.1. The van der Waals surface area contributed by atoms with E-state index in [4.69, 9.17) is 19.0 Å². The van der Waals surface area contributed by atoms with Gasteiger partial charge >= 0.3 is 5.63 Å². The van der Waals surface area contributed by atoms with Gasteiger partial charge < -0.3 is 19.0 Å². The van der Waals surface area contributed by atoms with Gasteiger partial charge in [-0.2, -0.15) is 0 Å². The fraction of sp³-hybridized carbons (Fsp3) is 0.438. The Bertz CT molecular complexity index is 687. The van der Waals surface area contributed by atoms with Crippen molar-refractivity contribution in [3.8, 4) is 11.5 Å². The van der Waals surface area contributed by atoms with Crippen molar-refractivity contribution in [1.82, 2.24) is 0 Å². The maximum Gasteiger partial charge on any atom is 0.339 e. The van der Waals surface area contributed by atoms with Crippen molar-refractivity contribution in [3.63, 3.8) is 0 Å². The molecule has 0 radical (unpaired) electrons. The minimum absolute atomic E-state index is 0.0908. The Morgan fingerprint density at radius 3 is 2.52 bits per heavy atom. The highest BCUT2D eigenvalue weighted by Gasteiger charge is 2.18. The molecule has 0 aliphatic heterocycles. The molecular formula is C16H20O5. The molecule has 0 aliphatic rings. The number of aliphatic hydroxyl groups excluding tert-OH is 1. The number of rotatable bonds is 6. The normalized spacial score (nSPS) is 10.9. The summed E-state index contributed by atoms with van der Waals surface area (Å²) in [5.41, 5.74) is 1.26. The Labute approximate surface area is 123 Å². The molecule has 1 heterocycles. The zero-order valence-electron chi connectivity index (χ0n) is 12.6. The Balaban J connectivity index is 2.74. The van der Waals surface area contributed by atoms with Gasteiger partial charge in [0.2, 0.25) is 5.75 Å². The number of aliphatic hydroxyl groups is 1. The van der Waals surface area contributed by atoms with Crippen LogP contribution in [0, 0.1) is 6.92 Å². The topological polar surface area (TPSA) is 68.9 Å². The first-order valence-electron chi connectivity index (χ1n) is 7.09. The van der Waals surface area contributed by atoms with E-state index >= 15 is 0 Å². The second-order valence-electron chi connectivity index (χ2n) is 4.60. The Hall–Kier alpha value is -2.01. The number of benzene rings is 1. The summed E-state index contributed by atoms with van der Waals surface area (Å²) in [4.78, 5) is 12.1. The number of hydrogen-bond donors (Lipinski definition) is 1. The molecule has 5 nitrogen and oxygen atoms in total. The number of hydrogen-bond acceptors (Lipinski definition) is 5. The van der Waals surface area contributed by atoms with Crippen LogP contribution in [0.3, 0.4) is 0 Å². The second-order valence-corrected chi connectivity index (χ2v) is 4.60. The molecule has 2 aromatic rings. The lowest BCUT2D eigenvalue weighted by Crippen LogP contribution is -2.12. The quantitative estimate of drug-likeness (QED) is 0.828. The van der Waals surface area contributed by atoms with Crippen LogP contribution in [0.1, 0.15) is 25.0 Å². The van der Waals surface area contributed by atoms with Crippen molar-refractivity contribution in [3.05, 3.63) is 33.7 Å². The first kappa shape index (κ1) is 15.4. The van der Waals surface area contributed by atoms with E-state index in [1.54, 1.807) is 0 Å². The minimum Gasteiger partial charge on any atom is -0.490 e. The maximum atomic E-state index is 12.1. The van der Waals surface area contributed by atoms with Crippen LogP contribution in [-0.4, -0.2) is 24.9 Å². The third-order valence-corrected chi connectivity index (χ3v) is 3.32. The van der Waals surface area contributed by atoms with Crippen molar-refractivity contribution < 1.29 is 19.0 Å². The predicted octanol–water partition coefficient (Wildman–Crippen LogP) is 2.43. The summed E-state index contributed by atoms with van der Waals surface area (Å²) in [6, 6.07) is 3.66.